The molecule has 0 aliphatic carbocycles. The first-order valence-electron chi connectivity index (χ1n) is 3.01. The topological polar surface area (TPSA) is 40.5 Å². The Morgan fingerprint density at radius 2 is 2.00 bits per heavy atom. The summed E-state index contributed by atoms with van der Waals surface area (Å²) >= 11 is 0. The zero-order chi connectivity index (χ0) is 6.62. The fourth-order valence-electron chi connectivity index (χ4n) is 0.512. The molecule has 0 rings (SSSR count). The Morgan fingerprint density at radius 3 is 2.12 bits per heavy atom. The largest absolute Gasteiger partial charge is 0.366 e. The van der Waals surface area contributed by atoms with Crippen LogP contribution in [0.15, 0.2) is 0 Å². The van der Waals surface area contributed by atoms with E-state index in [-0.39, 0.29) is 0 Å². The maximum atomic E-state index is 8.70. The quantitative estimate of drug-likeness (QED) is 0.386. The summed E-state index contributed by atoms with van der Waals surface area (Å²) in [6.45, 7) is 1.41. The summed E-state index contributed by atoms with van der Waals surface area (Å²) in [6.07, 6.45) is 2.36. The van der Waals surface area contributed by atoms with Crippen molar-refractivity contribution in [3.8, 4) is 0 Å². The fourth-order valence-corrected chi connectivity index (χ4v) is 0.512. The van der Waals surface area contributed by atoms with Crippen LogP contribution in [0.3, 0.4) is 0 Å². The molecule has 0 spiro atoms. The third-order valence-electron chi connectivity index (χ3n) is 1.00. The smallest absolute Gasteiger partial charge is 0.159 e. The predicted octanol–water partition coefficient (Wildman–Crippen LogP) is -0.481. The molecule has 0 aliphatic rings. The summed E-state index contributed by atoms with van der Waals surface area (Å²) < 4.78 is 0. The van der Waals surface area contributed by atoms with Gasteiger partial charge in [-0.3, -0.25) is 0 Å². The lowest BCUT2D eigenvalue weighted by Crippen LogP contribution is -2.22. The van der Waals surface area contributed by atoms with Gasteiger partial charge in [0.05, 0.1) is 0 Å². The average Bonchev–Trinajstić information content (AvgIpc) is 1.59. The normalized spacial score (nSPS) is 11.9. The molecule has 3 heteroatoms. The lowest BCUT2D eigenvalue weighted by Gasteiger charge is -2.13. The number of rotatable bonds is 3. The van der Waals surface area contributed by atoms with Crippen LogP contribution in [0.5, 0.6) is 0 Å². The Kier molecular flexibility index (Phi) is 3.09. The van der Waals surface area contributed by atoms with E-state index in [4.69, 9.17) is 10.2 Å². The number of hydrogen-bond donors (Lipinski definition) is 2. The third kappa shape index (κ3) is 5.98. The first-order valence-corrected chi connectivity index (χ1v) is 3.01. The summed E-state index contributed by atoms with van der Waals surface area (Å²) in [7, 11) is 2.02. The molecule has 0 radical (unpaired) electrons. The zero-order valence-electron chi connectivity index (χ0n) is 5.52. The summed E-state index contributed by atoms with van der Waals surface area (Å²) in [4.78, 5) is 0. The van der Waals surface area contributed by atoms with E-state index in [0.717, 1.165) is 12.7 Å². The maximum Gasteiger partial charge on any atom is 0.159 e. The van der Waals surface area contributed by atoms with Gasteiger partial charge in [0.25, 0.3) is 0 Å². The second-order valence-electron chi connectivity index (χ2n) is 2.32. The Morgan fingerprint density at radius 1 is 1.50 bits per heavy atom. The van der Waals surface area contributed by atoms with E-state index >= 15 is 0 Å². The molecule has 0 bridgehead atoms. The Bertz CT molecular complexity index is 57.9. The highest BCUT2D eigenvalue weighted by molar-refractivity contribution is 6.08. The molecule has 2 N–H and O–H groups in total. The van der Waals surface area contributed by atoms with Crippen molar-refractivity contribution in [1.29, 1.82) is 0 Å². The lowest BCUT2D eigenvalue weighted by atomic mass is 9.98. The monoisotopic (exact) mass is 116 g/mol. The van der Waals surface area contributed by atoms with Crippen molar-refractivity contribution in [2.75, 3.05) is 0 Å². The van der Waals surface area contributed by atoms with Crippen molar-refractivity contribution in [2.45, 2.75) is 31.9 Å². The molecular formula is C5H13BO2. The second kappa shape index (κ2) is 3.10. The van der Waals surface area contributed by atoms with Gasteiger partial charge in [0.15, 0.2) is 5.79 Å². The Balaban J connectivity index is 3.11. The molecular weight excluding hydrogens is 103 g/mol. The van der Waals surface area contributed by atoms with E-state index in [1.165, 1.54) is 6.92 Å². The van der Waals surface area contributed by atoms with Gasteiger partial charge in [-0.1, -0.05) is 12.7 Å². The molecule has 0 aromatic heterocycles. The molecule has 0 aliphatic heterocycles. The van der Waals surface area contributed by atoms with Crippen LogP contribution < -0.4 is 0 Å². The predicted molar refractivity (Wildman–Crippen MR) is 35.4 cm³/mol. The first-order chi connectivity index (χ1) is 3.56. The molecule has 0 heterocycles. The van der Waals surface area contributed by atoms with Gasteiger partial charge in [0.2, 0.25) is 0 Å². The van der Waals surface area contributed by atoms with Crippen LogP contribution in [-0.4, -0.2) is 23.8 Å². The van der Waals surface area contributed by atoms with E-state index in [2.05, 4.69) is 0 Å². The molecule has 0 aromatic carbocycles. The fraction of sp³-hybridized carbons (Fsp3) is 1.00. The van der Waals surface area contributed by atoms with Crippen LogP contribution in [0, 0.1) is 0 Å². The molecule has 0 saturated carbocycles. The van der Waals surface area contributed by atoms with Crippen molar-refractivity contribution in [3.63, 3.8) is 0 Å². The molecule has 48 valence electrons. The minimum absolute atomic E-state index is 0.476. The van der Waals surface area contributed by atoms with Crippen molar-refractivity contribution >= 4 is 7.85 Å². The van der Waals surface area contributed by atoms with Crippen molar-refractivity contribution in [1.82, 2.24) is 0 Å². The number of hydrogen-bond acceptors (Lipinski definition) is 2. The molecule has 0 saturated heterocycles. The van der Waals surface area contributed by atoms with Gasteiger partial charge >= 0.3 is 0 Å². The van der Waals surface area contributed by atoms with Crippen molar-refractivity contribution < 1.29 is 10.2 Å². The zero-order valence-corrected chi connectivity index (χ0v) is 5.52. The van der Waals surface area contributed by atoms with Crippen LogP contribution in [-0.2, 0) is 0 Å². The van der Waals surface area contributed by atoms with E-state index in [0.29, 0.717) is 6.42 Å². The maximum absolute atomic E-state index is 8.70. The van der Waals surface area contributed by atoms with E-state index in [9.17, 15) is 0 Å². The minimum Gasteiger partial charge on any atom is -0.366 e. The summed E-state index contributed by atoms with van der Waals surface area (Å²) in [5.74, 6) is -1.45. The second-order valence-corrected chi connectivity index (χ2v) is 2.32. The SMILES string of the molecule is BCCCC(C)(O)O. The molecule has 0 fully saturated rings. The molecule has 2 nitrogen and oxygen atoms in total. The third-order valence-corrected chi connectivity index (χ3v) is 1.00. The standard InChI is InChI=1S/C5H13BO2/c1-5(7,8)3-2-4-6/h7-8H,2-4,6H2,1H3. The molecule has 0 unspecified atom stereocenters. The van der Waals surface area contributed by atoms with Gasteiger partial charge in [0, 0.05) is 0 Å². The minimum atomic E-state index is -1.45. The Hall–Kier alpha value is -0.0151. The first kappa shape index (κ1) is 7.98. The van der Waals surface area contributed by atoms with Gasteiger partial charge in [-0.05, 0) is 13.3 Å². The average molecular weight is 116 g/mol. The summed E-state index contributed by atoms with van der Waals surface area (Å²) in [5, 5.41) is 17.4. The van der Waals surface area contributed by atoms with Crippen LogP contribution in [0.25, 0.3) is 0 Å². The molecule has 0 aromatic rings. The van der Waals surface area contributed by atoms with Crippen molar-refractivity contribution in [2.24, 2.45) is 0 Å². The van der Waals surface area contributed by atoms with Crippen molar-refractivity contribution in [3.05, 3.63) is 0 Å². The van der Waals surface area contributed by atoms with Gasteiger partial charge < -0.3 is 10.2 Å². The van der Waals surface area contributed by atoms with Gasteiger partial charge in [0.1, 0.15) is 7.85 Å². The Labute approximate surface area is 50.9 Å². The highest BCUT2D eigenvalue weighted by Gasteiger charge is 2.12. The van der Waals surface area contributed by atoms with E-state index in [1.54, 1.807) is 0 Å². The van der Waals surface area contributed by atoms with Crippen LogP contribution in [0.4, 0.5) is 0 Å². The molecule has 8 heavy (non-hydrogen) atoms. The lowest BCUT2D eigenvalue weighted by molar-refractivity contribution is -0.149. The highest BCUT2D eigenvalue weighted by Crippen LogP contribution is 2.07. The van der Waals surface area contributed by atoms with Crippen LogP contribution in [0.1, 0.15) is 19.8 Å². The van der Waals surface area contributed by atoms with Gasteiger partial charge in [-0.15, -0.1) is 0 Å². The summed E-state index contributed by atoms with van der Waals surface area (Å²) in [5.41, 5.74) is 0. The molecule has 0 atom stereocenters. The van der Waals surface area contributed by atoms with E-state index < -0.39 is 5.79 Å². The highest BCUT2D eigenvalue weighted by atomic mass is 16.5. The van der Waals surface area contributed by atoms with E-state index in [1.807, 2.05) is 7.85 Å². The van der Waals surface area contributed by atoms with Crippen LogP contribution in [0.2, 0.25) is 6.32 Å². The number of aliphatic hydroxyl groups is 2. The molecule has 0 amide bonds. The van der Waals surface area contributed by atoms with Crippen LogP contribution >= 0.6 is 0 Å². The van der Waals surface area contributed by atoms with Gasteiger partial charge in [-0.2, -0.15) is 0 Å². The summed E-state index contributed by atoms with van der Waals surface area (Å²) in [6, 6.07) is 0. The van der Waals surface area contributed by atoms with Gasteiger partial charge in [-0.25, -0.2) is 0 Å².